The van der Waals surface area contributed by atoms with Crippen molar-refractivity contribution in [2.45, 2.75) is 0 Å². The first-order valence-corrected chi connectivity index (χ1v) is 6.25. The van der Waals surface area contributed by atoms with Crippen molar-refractivity contribution in [1.29, 1.82) is 0 Å². The van der Waals surface area contributed by atoms with Crippen LogP contribution in [0.4, 0.5) is 5.69 Å². The zero-order valence-electron chi connectivity index (χ0n) is 9.20. The predicted molar refractivity (Wildman–Crippen MR) is 78.3 cm³/mol. The Balaban J connectivity index is 2.39. The van der Waals surface area contributed by atoms with Crippen LogP contribution in [0.3, 0.4) is 0 Å². The highest BCUT2D eigenvalue weighted by molar-refractivity contribution is 6.42. The first kappa shape index (κ1) is 13.2. The lowest BCUT2D eigenvalue weighted by Crippen LogP contribution is -2.13. The maximum atomic E-state index is 6.03. The number of rotatable bonds is 2. The van der Waals surface area contributed by atoms with Gasteiger partial charge in [0.2, 0.25) is 0 Å². The molecule has 5 heteroatoms. The highest BCUT2D eigenvalue weighted by atomic mass is 35.5. The molecular formula is C13H9Cl3N2. The number of hydrogen-bond acceptors (Lipinski definition) is 1. The minimum absolute atomic E-state index is 0.332. The number of aliphatic imine (C=N–C) groups is 1. The van der Waals surface area contributed by atoms with Crippen molar-refractivity contribution < 1.29 is 0 Å². The molecule has 2 rings (SSSR count). The summed E-state index contributed by atoms with van der Waals surface area (Å²) in [6.07, 6.45) is 0. The van der Waals surface area contributed by atoms with Gasteiger partial charge in [-0.3, -0.25) is 0 Å². The van der Waals surface area contributed by atoms with E-state index in [1.54, 1.807) is 30.3 Å². The molecule has 0 saturated heterocycles. The summed E-state index contributed by atoms with van der Waals surface area (Å²) in [5, 5.41) is 1.47. The molecule has 0 aliphatic heterocycles. The molecule has 0 aromatic heterocycles. The van der Waals surface area contributed by atoms with Gasteiger partial charge in [0.1, 0.15) is 5.84 Å². The molecule has 2 N–H and O–H groups in total. The van der Waals surface area contributed by atoms with Gasteiger partial charge in [-0.1, -0.05) is 46.9 Å². The summed E-state index contributed by atoms with van der Waals surface area (Å²) in [6.45, 7) is 0. The van der Waals surface area contributed by atoms with Crippen LogP contribution >= 0.6 is 34.8 Å². The summed E-state index contributed by atoms with van der Waals surface area (Å²) in [7, 11) is 0. The first-order chi connectivity index (χ1) is 8.58. The SMILES string of the molecule is NC(=Nc1ccc(Cl)c(Cl)c1)c1ccccc1Cl. The molecule has 92 valence electrons. The van der Waals surface area contributed by atoms with Crippen molar-refractivity contribution in [3.63, 3.8) is 0 Å². The summed E-state index contributed by atoms with van der Waals surface area (Å²) in [5.74, 6) is 0.332. The first-order valence-electron chi connectivity index (χ1n) is 5.12. The van der Waals surface area contributed by atoms with E-state index < -0.39 is 0 Å². The minimum Gasteiger partial charge on any atom is -0.383 e. The normalized spacial score (nSPS) is 11.6. The smallest absolute Gasteiger partial charge is 0.132 e. The summed E-state index contributed by atoms with van der Waals surface area (Å²) in [5.41, 5.74) is 7.22. The zero-order valence-corrected chi connectivity index (χ0v) is 11.5. The molecule has 0 spiro atoms. The molecule has 0 radical (unpaired) electrons. The fourth-order valence-corrected chi connectivity index (χ4v) is 1.95. The van der Waals surface area contributed by atoms with Crippen LogP contribution in [-0.2, 0) is 0 Å². The van der Waals surface area contributed by atoms with E-state index in [9.17, 15) is 0 Å². The van der Waals surface area contributed by atoms with Crippen LogP contribution in [0.25, 0.3) is 0 Å². The lowest BCUT2D eigenvalue weighted by molar-refractivity contribution is 1.45. The van der Waals surface area contributed by atoms with Crippen LogP contribution in [0.5, 0.6) is 0 Å². The van der Waals surface area contributed by atoms with E-state index in [2.05, 4.69) is 4.99 Å². The highest BCUT2D eigenvalue weighted by Gasteiger charge is 2.04. The van der Waals surface area contributed by atoms with Crippen LogP contribution < -0.4 is 5.73 Å². The maximum absolute atomic E-state index is 6.03. The number of hydrogen-bond donors (Lipinski definition) is 1. The van der Waals surface area contributed by atoms with E-state index in [1.165, 1.54) is 0 Å². The Kier molecular flexibility index (Phi) is 4.12. The second-order valence-corrected chi connectivity index (χ2v) is 4.80. The van der Waals surface area contributed by atoms with Gasteiger partial charge in [-0.15, -0.1) is 0 Å². The quantitative estimate of drug-likeness (QED) is 0.634. The summed E-state index contributed by atoms with van der Waals surface area (Å²) >= 11 is 17.8. The molecule has 0 saturated carbocycles. The molecule has 18 heavy (non-hydrogen) atoms. The molecule has 2 aromatic carbocycles. The average Bonchev–Trinajstić information content (AvgIpc) is 2.34. The van der Waals surface area contributed by atoms with E-state index in [4.69, 9.17) is 40.5 Å². The fraction of sp³-hybridized carbons (Fsp3) is 0. The van der Waals surface area contributed by atoms with Crippen LogP contribution in [0.15, 0.2) is 47.5 Å². The Labute approximate surface area is 120 Å². The van der Waals surface area contributed by atoms with Crippen molar-refractivity contribution in [1.82, 2.24) is 0 Å². The molecule has 0 aliphatic carbocycles. The van der Waals surface area contributed by atoms with E-state index in [0.717, 1.165) is 0 Å². The number of nitrogens with two attached hydrogens (primary N) is 1. The van der Waals surface area contributed by atoms with Crippen LogP contribution in [0, 0.1) is 0 Å². The van der Waals surface area contributed by atoms with Crippen LogP contribution in [0.1, 0.15) is 5.56 Å². The van der Waals surface area contributed by atoms with Gasteiger partial charge in [-0.25, -0.2) is 4.99 Å². The van der Waals surface area contributed by atoms with Gasteiger partial charge in [0.15, 0.2) is 0 Å². The van der Waals surface area contributed by atoms with Gasteiger partial charge in [-0.05, 0) is 30.3 Å². The van der Waals surface area contributed by atoms with Crippen molar-refractivity contribution in [2.24, 2.45) is 10.7 Å². The third kappa shape index (κ3) is 2.96. The fourth-order valence-electron chi connectivity index (χ4n) is 1.42. The summed E-state index contributed by atoms with van der Waals surface area (Å²) < 4.78 is 0. The van der Waals surface area contributed by atoms with E-state index in [-0.39, 0.29) is 0 Å². The summed E-state index contributed by atoms with van der Waals surface area (Å²) in [4.78, 5) is 4.26. The molecule has 0 atom stereocenters. The molecule has 0 heterocycles. The molecule has 0 bridgehead atoms. The van der Waals surface area contributed by atoms with Gasteiger partial charge in [0.05, 0.1) is 20.8 Å². The topological polar surface area (TPSA) is 38.4 Å². The van der Waals surface area contributed by atoms with Crippen molar-refractivity contribution in [3.8, 4) is 0 Å². The highest BCUT2D eigenvalue weighted by Crippen LogP contribution is 2.27. The van der Waals surface area contributed by atoms with Gasteiger partial charge in [-0.2, -0.15) is 0 Å². The van der Waals surface area contributed by atoms with Gasteiger partial charge in [0.25, 0.3) is 0 Å². The van der Waals surface area contributed by atoms with Gasteiger partial charge < -0.3 is 5.73 Å². The molecule has 0 aliphatic rings. The second kappa shape index (κ2) is 5.61. The number of amidine groups is 1. The molecule has 0 unspecified atom stereocenters. The van der Waals surface area contributed by atoms with Crippen molar-refractivity contribution in [2.75, 3.05) is 0 Å². The summed E-state index contributed by atoms with van der Waals surface area (Å²) in [6, 6.07) is 12.3. The Bertz CT molecular complexity index is 609. The van der Waals surface area contributed by atoms with E-state index >= 15 is 0 Å². The number of halogens is 3. The van der Waals surface area contributed by atoms with Crippen LogP contribution in [-0.4, -0.2) is 5.84 Å². The maximum Gasteiger partial charge on any atom is 0.132 e. The largest absolute Gasteiger partial charge is 0.383 e. The standard InChI is InChI=1S/C13H9Cl3N2/c14-10-4-2-1-3-9(10)13(17)18-8-5-6-11(15)12(16)7-8/h1-7H,(H2,17,18). The monoisotopic (exact) mass is 298 g/mol. The van der Waals surface area contributed by atoms with Crippen LogP contribution in [0.2, 0.25) is 15.1 Å². The Morgan fingerprint density at radius 2 is 1.61 bits per heavy atom. The molecule has 2 nitrogen and oxygen atoms in total. The Morgan fingerprint density at radius 3 is 2.28 bits per heavy atom. The van der Waals surface area contributed by atoms with Gasteiger partial charge >= 0.3 is 0 Å². The number of nitrogens with zero attached hydrogens (tertiary/aromatic N) is 1. The van der Waals surface area contributed by atoms with Crippen molar-refractivity contribution in [3.05, 3.63) is 63.1 Å². The third-order valence-corrected chi connectivity index (χ3v) is 3.37. The minimum atomic E-state index is 0.332. The lowest BCUT2D eigenvalue weighted by Gasteiger charge is -2.04. The van der Waals surface area contributed by atoms with E-state index in [0.29, 0.717) is 32.2 Å². The molecule has 2 aromatic rings. The van der Waals surface area contributed by atoms with Crippen molar-refractivity contribution >= 4 is 46.3 Å². The molecular weight excluding hydrogens is 291 g/mol. The average molecular weight is 300 g/mol. The van der Waals surface area contributed by atoms with E-state index in [1.807, 2.05) is 12.1 Å². The zero-order chi connectivity index (χ0) is 13.1. The second-order valence-electron chi connectivity index (χ2n) is 3.58. The molecule has 0 fully saturated rings. The lowest BCUT2D eigenvalue weighted by atomic mass is 10.2. The Morgan fingerprint density at radius 1 is 0.889 bits per heavy atom. The number of benzene rings is 2. The predicted octanol–water partition coefficient (Wildman–Crippen LogP) is 4.68. The third-order valence-electron chi connectivity index (χ3n) is 2.30. The Hall–Kier alpha value is -1.22. The van der Waals surface area contributed by atoms with Gasteiger partial charge in [0, 0.05) is 5.56 Å². The molecule has 0 amide bonds.